The van der Waals surface area contributed by atoms with Gasteiger partial charge in [-0.2, -0.15) is 0 Å². The van der Waals surface area contributed by atoms with Crippen molar-refractivity contribution >= 4 is 34.5 Å². The number of hydrogen-bond acceptors (Lipinski definition) is 2. The monoisotopic (exact) mass is 818 g/mol. The van der Waals surface area contributed by atoms with E-state index in [1.807, 2.05) is 0 Å². The Morgan fingerprint density at radius 3 is 0.922 bits per heavy atom. The molecule has 0 amide bonds. The first-order valence-corrected chi connectivity index (χ1v) is 22.2. The summed E-state index contributed by atoms with van der Waals surface area (Å²) in [6, 6.07) is 85.5. The van der Waals surface area contributed by atoms with Crippen LogP contribution in [0.2, 0.25) is 0 Å². The van der Waals surface area contributed by atoms with Crippen LogP contribution in [-0.4, -0.2) is 0 Å². The van der Waals surface area contributed by atoms with Crippen LogP contribution in [0.25, 0.3) is 50.6 Å². The van der Waals surface area contributed by atoms with E-state index in [4.69, 9.17) is 0 Å². The fraction of sp³-hybridized carbons (Fsp3) is 0.0323. The number of allylic oxidation sites excluding steroid dienone is 4. The number of anilines is 5. The minimum Gasteiger partial charge on any atom is -0.314 e. The molecule has 0 saturated carbocycles. The molecule has 0 radical (unpaired) electrons. The molecule has 0 aliphatic heterocycles. The summed E-state index contributed by atoms with van der Waals surface area (Å²) in [5, 5.41) is 0. The van der Waals surface area contributed by atoms with Gasteiger partial charge in [0.15, 0.2) is 0 Å². The first kappa shape index (κ1) is 38.7. The number of hydrogen-bond donors (Lipinski definition) is 0. The van der Waals surface area contributed by atoms with Crippen molar-refractivity contribution in [2.24, 2.45) is 5.92 Å². The second-order valence-corrected chi connectivity index (χ2v) is 16.5. The maximum absolute atomic E-state index is 2.46. The Bertz CT molecular complexity index is 3010. The molecule has 2 atom stereocenters. The predicted molar refractivity (Wildman–Crippen MR) is 270 cm³/mol. The summed E-state index contributed by atoms with van der Waals surface area (Å²) in [7, 11) is 0. The van der Waals surface area contributed by atoms with E-state index in [9.17, 15) is 0 Å². The van der Waals surface area contributed by atoms with Gasteiger partial charge in [-0.1, -0.05) is 200 Å². The molecule has 2 aliphatic rings. The van der Waals surface area contributed by atoms with E-state index >= 15 is 0 Å². The van der Waals surface area contributed by atoms with E-state index in [1.54, 1.807) is 0 Å². The van der Waals surface area contributed by atoms with Crippen LogP contribution in [0.1, 0.15) is 17.0 Å². The van der Waals surface area contributed by atoms with Crippen molar-refractivity contribution in [3.05, 3.63) is 278 Å². The van der Waals surface area contributed by atoms with Crippen LogP contribution >= 0.6 is 0 Å². The molecule has 0 saturated heterocycles. The fourth-order valence-corrected chi connectivity index (χ4v) is 9.40. The van der Waals surface area contributed by atoms with Crippen molar-refractivity contribution in [2.45, 2.75) is 5.92 Å². The first-order valence-electron chi connectivity index (χ1n) is 22.2. The Labute approximate surface area is 376 Å². The molecule has 0 N–H and O–H groups in total. The molecule has 9 aromatic rings. The van der Waals surface area contributed by atoms with Gasteiger partial charge >= 0.3 is 0 Å². The van der Waals surface area contributed by atoms with E-state index in [0.29, 0.717) is 0 Å². The van der Waals surface area contributed by atoms with Crippen molar-refractivity contribution < 1.29 is 0 Å². The molecule has 2 nitrogen and oxygen atoms in total. The van der Waals surface area contributed by atoms with Gasteiger partial charge in [-0.05, 0) is 122 Å². The van der Waals surface area contributed by atoms with Crippen molar-refractivity contribution in [2.75, 3.05) is 9.80 Å². The maximum Gasteiger partial charge on any atom is 0.0462 e. The van der Waals surface area contributed by atoms with Gasteiger partial charge in [-0.3, -0.25) is 0 Å². The van der Waals surface area contributed by atoms with Crippen LogP contribution < -0.4 is 9.80 Å². The van der Waals surface area contributed by atoms with Crippen LogP contribution in [0.5, 0.6) is 0 Å². The third kappa shape index (κ3) is 7.67. The Kier molecular flexibility index (Phi) is 10.5. The molecular formula is C62H46N2. The second kappa shape index (κ2) is 17.3. The molecule has 0 spiro atoms. The highest BCUT2D eigenvalue weighted by molar-refractivity contribution is 5.83. The van der Waals surface area contributed by atoms with Gasteiger partial charge in [0.2, 0.25) is 0 Å². The lowest BCUT2D eigenvalue weighted by Crippen LogP contribution is -2.28. The van der Waals surface area contributed by atoms with Gasteiger partial charge in [0, 0.05) is 46.0 Å². The molecular weight excluding hydrogens is 773 g/mol. The molecule has 2 unspecified atom stereocenters. The lowest BCUT2D eigenvalue weighted by molar-refractivity contribution is 0.643. The zero-order valence-electron chi connectivity index (χ0n) is 35.5. The number of nitrogens with zero attached hydrogens (tertiary/aromatic N) is 2. The third-order valence-corrected chi connectivity index (χ3v) is 12.7. The lowest BCUT2D eigenvalue weighted by atomic mass is 9.74. The minimum absolute atomic E-state index is 0.202. The van der Waals surface area contributed by atoms with Crippen LogP contribution in [-0.2, 0) is 0 Å². The molecule has 2 heteroatoms. The molecule has 2 aliphatic carbocycles. The largest absolute Gasteiger partial charge is 0.314 e. The number of fused-ring (bicyclic) bond motifs is 3. The van der Waals surface area contributed by atoms with Gasteiger partial charge in [0.1, 0.15) is 0 Å². The van der Waals surface area contributed by atoms with Crippen molar-refractivity contribution in [1.82, 2.24) is 0 Å². The van der Waals surface area contributed by atoms with Crippen LogP contribution in [0.3, 0.4) is 0 Å². The summed E-state index contributed by atoms with van der Waals surface area (Å²) in [6.45, 7) is 0. The van der Waals surface area contributed by atoms with Gasteiger partial charge in [-0.25, -0.2) is 0 Å². The molecule has 0 aromatic heterocycles. The molecule has 0 bridgehead atoms. The lowest BCUT2D eigenvalue weighted by Gasteiger charge is -2.39. The summed E-state index contributed by atoms with van der Waals surface area (Å²) < 4.78 is 0. The maximum atomic E-state index is 2.46. The summed E-state index contributed by atoms with van der Waals surface area (Å²) in [4.78, 5) is 4.80. The summed E-state index contributed by atoms with van der Waals surface area (Å²) in [6.07, 6.45) is 11.5. The van der Waals surface area contributed by atoms with Gasteiger partial charge < -0.3 is 9.80 Å². The zero-order chi connectivity index (χ0) is 42.7. The number of rotatable bonds is 10. The van der Waals surface area contributed by atoms with E-state index < -0.39 is 0 Å². The molecule has 0 heterocycles. The quantitative estimate of drug-likeness (QED) is 0.136. The highest BCUT2D eigenvalue weighted by Gasteiger charge is 2.33. The van der Waals surface area contributed by atoms with Crippen molar-refractivity contribution in [3.63, 3.8) is 0 Å². The van der Waals surface area contributed by atoms with Gasteiger partial charge in [-0.15, -0.1) is 0 Å². The highest BCUT2D eigenvalue weighted by atomic mass is 15.2. The minimum atomic E-state index is 0.202. The third-order valence-electron chi connectivity index (χ3n) is 12.7. The number of benzene rings is 9. The van der Waals surface area contributed by atoms with E-state index in [-0.39, 0.29) is 11.8 Å². The Morgan fingerprint density at radius 2 is 0.547 bits per heavy atom. The fourth-order valence-electron chi connectivity index (χ4n) is 9.40. The molecule has 0 fully saturated rings. The van der Waals surface area contributed by atoms with Crippen LogP contribution in [0.15, 0.2) is 267 Å². The highest BCUT2D eigenvalue weighted by Crippen LogP contribution is 2.47. The predicted octanol–water partition coefficient (Wildman–Crippen LogP) is 16.8. The topological polar surface area (TPSA) is 6.48 Å². The molecule has 304 valence electrons. The van der Waals surface area contributed by atoms with E-state index in [2.05, 4.69) is 277 Å². The summed E-state index contributed by atoms with van der Waals surface area (Å²) >= 11 is 0. The SMILES string of the molecule is C1=CC2C(N(c3ccc(-c4ccccc4)cc3)c3ccc(-c4ccc(N(c5ccc(-c6ccccc6)cc5)c5ccc(-c6ccccc6)cc5)cc4)cc3)=Cc3ccccc3C2C=C1. The Hall–Kier alpha value is -8.20. The summed E-state index contributed by atoms with van der Waals surface area (Å²) in [5.74, 6) is 0.473. The van der Waals surface area contributed by atoms with Gasteiger partial charge in [0.05, 0.1) is 0 Å². The van der Waals surface area contributed by atoms with Crippen LogP contribution in [0.4, 0.5) is 28.4 Å². The zero-order valence-corrected chi connectivity index (χ0v) is 35.5. The van der Waals surface area contributed by atoms with E-state index in [0.717, 1.165) is 28.4 Å². The van der Waals surface area contributed by atoms with Crippen molar-refractivity contribution in [1.29, 1.82) is 0 Å². The van der Waals surface area contributed by atoms with Crippen LogP contribution in [0, 0.1) is 5.92 Å². The average molecular weight is 819 g/mol. The van der Waals surface area contributed by atoms with E-state index in [1.165, 1.54) is 61.3 Å². The second-order valence-electron chi connectivity index (χ2n) is 16.5. The first-order chi connectivity index (χ1) is 31.7. The average Bonchev–Trinajstić information content (AvgIpc) is 3.38. The smallest absolute Gasteiger partial charge is 0.0462 e. The molecule has 11 rings (SSSR count). The van der Waals surface area contributed by atoms with Gasteiger partial charge in [0.25, 0.3) is 0 Å². The molecule has 64 heavy (non-hydrogen) atoms. The Morgan fingerprint density at radius 1 is 0.250 bits per heavy atom. The summed E-state index contributed by atoms with van der Waals surface area (Å²) in [5.41, 5.74) is 19.0. The standard InChI is InChI=1S/C62H46N2/c1-4-14-45(15-5-1)48-24-34-54(35-25-48)63(55-36-26-49(27-37-55)46-16-6-2-7-17-46)56-38-28-51(29-39-56)52-32-42-58(43-33-52)64(57-40-30-50(31-41-57)47-18-8-3-9-19-47)62-44-53-20-10-11-21-59(53)60-22-12-13-23-61(60)62/h1-44,60-61H. The Balaban J connectivity index is 0.934. The molecule has 9 aromatic carbocycles. The van der Waals surface area contributed by atoms with Crippen molar-refractivity contribution in [3.8, 4) is 44.5 Å². The normalized spacial score (nSPS) is 14.8.